The van der Waals surface area contributed by atoms with Crippen LogP contribution in [0.2, 0.25) is 0 Å². The summed E-state index contributed by atoms with van der Waals surface area (Å²) in [5, 5.41) is 0. The monoisotopic (exact) mass is 259 g/mol. The summed E-state index contributed by atoms with van der Waals surface area (Å²) in [7, 11) is -1.74. The van der Waals surface area contributed by atoms with Gasteiger partial charge in [0.25, 0.3) is 0 Å². The Bertz CT molecular complexity index is 515. The van der Waals surface area contributed by atoms with Crippen molar-refractivity contribution in [2.75, 3.05) is 19.4 Å². The number of benzene rings is 1. The fourth-order valence-electron chi connectivity index (χ4n) is 1.88. The van der Waals surface area contributed by atoms with E-state index in [-0.39, 0.29) is 18.0 Å². The highest BCUT2D eigenvalue weighted by atomic mass is 32.2. The zero-order chi connectivity index (χ0) is 12.5. The van der Waals surface area contributed by atoms with E-state index in [2.05, 4.69) is 0 Å². The molecule has 1 saturated heterocycles. The van der Waals surface area contributed by atoms with Gasteiger partial charge in [-0.05, 0) is 24.1 Å². The van der Waals surface area contributed by atoms with Gasteiger partial charge >= 0.3 is 0 Å². The standard InChI is InChI=1S/C11H14FNO3S/c1-16-11-4-3-9(7-10(11)12)8-13-5-2-6-17(13,14)15/h3-4,7H,2,5-6,8H2,1H3. The van der Waals surface area contributed by atoms with Gasteiger partial charge in [0.1, 0.15) is 0 Å². The predicted octanol–water partition coefficient (Wildman–Crippen LogP) is 1.37. The molecule has 1 aliphatic heterocycles. The molecule has 0 unspecified atom stereocenters. The molecule has 0 radical (unpaired) electrons. The molecule has 17 heavy (non-hydrogen) atoms. The van der Waals surface area contributed by atoms with Gasteiger partial charge in [-0.2, -0.15) is 4.31 Å². The van der Waals surface area contributed by atoms with Crippen LogP contribution in [0.3, 0.4) is 0 Å². The Kier molecular flexibility index (Phi) is 3.35. The topological polar surface area (TPSA) is 46.6 Å². The van der Waals surface area contributed by atoms with Crippen LogP contribution in [0.25, 0.3) is 0 Å². The maximum Gasteiger partial charge on any atom is 0.214 e. The van der Waals surface area contributed by atoms with Crippen LogP contribution in [0.5, 0.6) is 5.75 Å². The van der Waals surface area contributed by atoms with Crippen LogP contribution in [-0.4, -0.2) is 32.1 Å². The van der Waals surface area contributed by atoms with Gasteiger partial charge in [0.05, 0.1) is 12.9 Å². The van der Waals surface area contributed by atoms with Crippen LogP contribution in [0.15, 0.2) is 18.2 Å². The minimum atomic E-state index is -3.13. The third-order valence-corrected chi connectivity index (χ3v) is 4.68. The first kappa shape index (κ1) is 12.3. The molecule has 0 spiro atoms. The predicted molar refractivity (Wildman–Crippen MR) is 61.8 cm³/mol. The summed E-state index contributed by atoms with van der Waals surface area (Å²) in [6.45, 7) is 0.735. The molecule has 1 aliphatic rings. The van der Waals surface area contributed by atoms with E-state index >= 15 is 0 Å². The number of rotatable bonds is 3. The molecule has 0 atom stereocenters. The minimum absolute atomic E-state index is 0.165. The van der Waals surface area contributed by atoms with Gasteiger partial charge in [0.2, 0.25) is 10.0 Å². The third-order valence-electron chi connectivity index (χ3n) is 2.78. The molecule has 1 aromatic rings. The lowest BCUT2D eigenvalue weighted by atomic mass is 10.2. The second kappa shape index (κ2) is 4.62. The van der Waals surface area contributed by atoms with Crippen molar-refractivity contribution in [1.29, 1.82) is 0 Å². The SMILES string of the molecule is COc1ccc(CN2CCCS2(=O)=O)cc1F. The number of hydrogen-bond acceptors (Lipinski definition) is 3. The number of ether oxygens (including phenoxy) is 1. The van der Waals surface area contributed by atoms with E-state index in [1.807, 2.05) is 0 Å². The average molecular weight is 259 g/mol. The first-order valence-electron chi connectivity index (χ1n) is 5.33. The Hall–Kier alpha value is -1.14. The van der Waals surface area contributed by atoms with Gasteiger partial charge in [-0.1, -0.05) is 6.07 Å². The fraction of sp³-hybridized carbons (Fsp3) is 0.455. The van der Waals surface area contributed by atoms with E-state index in [0.717, 1.165) is 0 Å². The van der Waals surface area contributed by atoms with Crippen molar-refractivity contribution in [3.05, 3.63) is 29.6 Å². The highest BCUT2D eigenvalue weighted by Crippen LogP contribution is 2.21. The summed E-state index contributed by atoms with van der Waals surface area (Å²) >= 11 is 0. The number of methoxy groups -OCH3 is 1. The lowest BCUT2D eigenvalue weighted by molar-refractivity contribution is 0.384. The van der Waals surface area contributed by atoms with E-state index in [1.165, 1.54) is 23.5 Å². The highest BCUT2D eigenvalue weighted by molar-refractivity contribution is 7.89. The van der Waals surface area contributed by atoms with Gasteiger partial charge in [-0.25, -0.2) is 12.8 Å². The van der Waals surface area contributed by atoms with E-state index in [9.17, 15) is 12.8 Å². The van der Waals surface area contributed by atoms with Crippen molar-refractivity contribution in [3.63, 3.8) is 0 Å². The maximum absolute atomic E-state index is 13.4. The lowest BCUT2D eigenvalue weighted by Gasteiger charge is -2.14. The first-order chi connectivity index (χ1) is 8.03. The molecular formula is C11H14FNO3S. The molecule has 0 aliphatic carbocycles. The van der Waals surface area contributed by atoms with Gasteiger partial charge < -0.3 is 4.74 Å². The summed E-state index contributed by atoms with van der Waals surface area (Å²) in [6, 6.07) is 4.50. The number of nitrogens with zero attached hydrogens (tertiary/aromatic N) is 1. The zero-order valence-electron chi connectivity index (χ0n) is 9.52. The largest absolute Gasteiger partial charge is 0.494 e. The van der Waals surface area contributed by atoms with Crippen molar-refractivity contribution in [1.82, 2.24) is 4.31 Å². The molecule has 2 rings (SSSR count). The van der Waals surface area contributed by atoms with Gasteiger partial charge in [0, 0.05) is 13.1 Å². The normalized spacial score (nSPS) is 19.4. The Labute approximate surface area is 100 Å². The van der Waals surface area contributed by atoms with Crippen LogP contribution in [0.4, 0.5) is 4.39 Å². The van der Waals surface area contributed by atoms with Crippen molar-refractivity contribution in [2.45, 2.75) is 13.0 Å². The summed E-state index contributed by atoms with van der Waals surface area (Å²) in [5.41, 5.74) is 0.633. The maximum atomic E-state index is 13.4. The molecule has 0 bridgehead atoms. The Morgan fingerprint density at radius 1 is 1.47 bits per heavy atom. The second-order valence-corrected chi connectivity index (χ2v) is 6.06. The van der Waals surface area contributed by atoms with E-state index in [1.54, 1.807) is 6.07 Å². The van der Waals surface area contributed by atoms with Crippen molar-refractivity contribution in [3.8, 4) is 5.75 Å². The van der Waals surface area contributed by atoms with Crippen LogP contribution in [0.1, 0.15) is 12.0 Å². The molecule has 0 amide bonds. The molecule has 0 aromatic heterocycles. The third kappa shape index (κ3) is 2.58. The minimum Gasteiger partial charge on any atom is -0.494 e. The molecule has 4 nitrogen and oxygen atoms in total. The Morgan fingerprint density at radius 3 is 2.76 bits per heavy atom. The van der Waals surface area contributed by atoms with Gasteiger partial charge in [0.15, 0.2) is 11.6 Å². The summed E-state index contributed by atoms with van der Waals surface area (Å²) < 4.78 is 42.8. The number of sulfonamides is 1. The second-order valence-electron chi connectivity index (χ2n) is 3.97. The first-order valence-corrected chi connectivity index (χ1v) is 6.94. The van der Waals surface area contributed by atoms with Gasteiger partial charge in [-0.3, -0.25) is 0 Å². The van der Waals surface area contributed by atoms with Crippen LogP contribution >= 0.6 is 0 Å². The molecule has 1 heterocycles. The Morgan fingerprint density at radius 2 is 2.24 bits per heavy atom. The average Bonchev–Trinajstić information content (AvgIpc) is 2.59. The highest BCUT2D eigenvalue weighted by Gasteiger charge is 2.28. The molecular weight excluding hydrogens is 245 g/mol. The Balaban J connectivity index is 2.17. The fourth-order valence-corrected chi connectivity index (χ4v) is 3.39. The molecule has 1 aromatic carbocycles. The smallest absolute Gasteiger partial charge is 0.214 e. The van der Waals surface area contributed by atoms with E-state index < -0.39 is 15.8 Å². The zero-order valence-corrected chi connectivity index (χ0v) is 10.3. The quantitative estimate of drug-likeness (QED) is 0.823. The molecule has 0 saturated carbocycles. The van der Waals surface area contributed by atoms with Crippen molar-refractivity contribution >= 4 is 10.0 Å². The number of hydrogen-bond donors (Lipinski definition) is 0. The molecule has 6 heteroatoms. The molecule has 0 N–H and O–H groups in total. The van der Waals surface area contributed by atoms with Gasteiger partial charge in [-0.15, -0.1) is 0 Å². The van der Waals surface area contributed by atoms with E-state index in [4.69, 9.17) is 4.74 Å². The van der Waals surface area contributed by atoms with Crippen molar-refractivity contribution < 1.29 is 17.5 Å². The van der Waals surface area contributed by atoms with Crippen LogP contribution in [0, 0.1) is 5.82 Å². The molecule has 94 valence electrons. The van der Waals surface area contributed by atoms with Crippen molar-refractivity contribution in [2.24, 2.45) is 0 Å². The van der Waals surface area contributed by atoms with Crippen LogP contribution in [-0.2, 0) is 16.6 Å². The summed E-state index contributed by atoms with van der Waals surface area (Å²) in [4.78, 5) is 0. The van der Waals surface area contributed by atoms with E-state index in [0.29, 0.717) is 18.5 Å². The summed E-state index contributed by atoms with van der Waals surface area (Å²) in [6.07, 6.45) is 0.640. The lowest BCUT2D eigenvalue weighted by Crippen LogP contribution is -2.25. The summed E-state index contributed by atoms with van der Waals surface area (Å²) in [5.74, 6) is -0.120. The number of halogens is 1. The van der Waals surface area contributed by atoms with Crippen LogP contribution < -0.4 is 4.74 Å². The molecule has 1 fully saturated rings.